The second kappa shape index (κ2) is 11.4. The fraction of sp³-hybridized carbons (Fsp3) is 0.258. The Bertz CT molecular complexity index is 1470. The van der Waals surface area contributed by atoms with E-state index in [-0.39, 0.29) is 23.6 Å². The Morgan fingerprint density at radius 3 is 2.44 bits per heavy atom. The van der Waals surface area contributed by atoms with Crippen molar-refractivity contribution < 1.29 is 19.4 Å². The molecule has 200 valence electrons. The van der Waals surface area contributed by atoms with Gasteiger partial charge in [-0.25, -0.2) is 4.79 Å². The first-order valence-electron chi connectivity index (χ1n) is 13.2. The van der Waals surface area contributed by atoms with Gasteiger partial charge in [0.2, 0.25) is 0 Å². The maximum atomic E-state index is 13.2. The fourth-order valence-electron chi connectivity index (χ4n) is 4.53. The van der Waals surface area contributed by atoms with Gasteiger partial charge in [-0.05, 0) is 80.8 Å². The normalized spacial score (nSPS) is 13.0. The number of carbonyl (C=O) groups is 2. The SMILES string of the molecule is CCOc1ccc(C(=O)Nc2ccc(O)c(-c3cc(C4CCC4)n(C(=O)NCc4ccc(C)cc4)n3)c2)cc1. The Morgan fingerprint density at radius 1 is 1.03 bits per heavy atom. The summed E-state index contributed by atoms with van der Waals surface area (Å²) in [5.74, 6) is 0.660. The standard InChI is InChI=1S/C31H32N4O4/c1-3-39-25-14-11-23(12-15-25)30(37)33-24-13-16-29(36)26(17-24)27-18-28(22-5-4-6-22)35(34-27)31(38)32-19-21-9-7-20(2)8-10-21/h7-18,22,36H,3-6,19H2,1-2H3,(H,32,38)(H,33,37). The van der Waals surface area contributed by atoms with Gasteiger partial charge >= 0.3 is 6.03 Å². The highest BCUT2D eigenvalue weighted by atomic mass is 16.5. The van der Waals surface area contributed by atoms with Crippen molar-refractivity contribution in [3.05, 3.63) is 95.2 Å². The lowest BCUT2D eigenvalue weighted by molar-refractivity contribution is 0.102. The maximum absolute atomic E-state index is 13.2. The minimum Gasteiger partial charge on any atom is -0.507 e. The molecule has 1 fully saturated rings. The molecular weight excluding hydrogens is 492 g/mol. The molecule has 4 aromatic rings. The van der Waals surface area contributed by atoms with Crippen molar-refractivity contribution in [3.63, 3.8) is 0 Å². The first-order valence-corrected chi connectivity index (χ1v) is 13.2. The number of nitrogens with one attached hydrogen (secondary N) is 2. The van der Waals surface area contributed by atoms with Crippen LogP contribution in [0.1, 0.15) is 59.3 Å². The summed E-state index contributed by atoms with van der Waals surface area (Å²) < 4.78 is 6.85. The Labute approximate surface area is 227 Å². The molecule has 5 rings (SSSR count). The van der Waals surface area contributed by atoms with Gasteiger partial charge in [0.25, 0.3) is 5.91 Å². The molecular formula is C31H32N4O4. The van der Waals surface area contributed by atoms with E-state index in [9.17, 15) is 14.7 Å². The van der Waals surface area contributed by atoms with Crippen LogP contribution in [-0.4, -0.2) is 33.4 Å². The monoisotopic (exact) mass is 524 g/mol. The van der Waals surface area contributed by atoms with Gasteiger partial charge in [-0.15, -0.1) is 0 Å². The summed E-state index contributed by atoms with van der Waals surface area (Å²) in [5, 5.41) is 21.1. The molecule has 1 heterocycles. The van der Waals surface area contributed by atoms with Gasteiger partial charge in [0.05, 0.1) is 18.0 Å². The van der Waals surface area contributed by atoms with Crippen LogP contribution in [0.4, 0.5) is 10.5 Å². The Balaban J connectivity index is 1.36. The number of aryl methyl sites for hydroxylation is 1. The molecule has 0 aliphatic heterocycles. The number of benzene rings is 3. The van der Waals surface area contributed by atoms with Crippen molar-refractivity contribution in [1.82, 2.24) is 15.1 Å². The zero-order valence-corrected chi connectivity index (χ0v) is 22.1. The largest absolute Gasteiger partial charge is 0.507 e. The first kappa shape index (κ1) is 26.0. The summed E-state index contributed by atoms with van der Waals surface area (Å²) in [5.41, 5.74) is 4.87. The zero-order valence-electron chi connectivity index (χ0n) is 22.1. The van der Waals surface area contributed by atoms with Crippen LogP contribution < -0.4 is 15.4 Å². The van der Waals surface area contributed by atoms with Crippen molar-refractivity contribution in [2.24, 2.45) is 0 Å². The summed E-state index contributed by atoms with van der Waals surface area (Å²) in [6.07, 6.45) is 3.08. The van der Waals surface area contributed by atoms with E-state index in [4.69, 9.17) is 4.74 Å². The van der Waals surface area contributed by atoms with E-state index in [1.165, 1.54) is 10.7 Å². The number of aromatic nitrogens is 2. The van der Waals surface area contributed by atoms with Gasteiger partial charge in [-0.2, -0.15) is 9.78 Å². The number of anilines is 1. The van der Waals surface area contributed by atoms with E-state index in [1.54, 1.807) is 36.4 Å². The molecule has 0 saturated heterocycles. The molecule has 0 unspecified atom stereocenters. The number of carbonyl (C=O) groups excluding carboxylic acids is 2. The van der Waals surface area contributed by atoms with Gasteiger partial charge in [-0.1, -0.05) is 36.2 Å². The third-order valence-corrected chi connectivity index (χ3v) is 6.97. The predicted octanol–water partition coefficient (Wildman–Crippen LogP) is 6.24. The highest BCUT2D eigenvalue weighted by Gasteiger charge is 2.27. The molecule has 0 bridgehead atoms. The van der Waals surface area contributed by atoms with Crippen LogP contribution in [0.15, 0.2) is 72.8 Å². The summed E-state index contributed by atoms with van der Waals surface area (Å²) >= 11 is 0. The van der Waals surface area contributed by atoms with Crippen molar-refractivity contribution in [3.8, 4) is 22.8 Å². The first-order chi connectivity index (χ1) is 18.9. The van der Waals surface area contributed by atoms with Crippen LogP contribution >= 0.6 is 0 Å². The van der Waals surface area contributed by atoms with E-state index in [0.717, 1.165) is 36.1 Å². The lowest BCUT2D eigenvalue weighted by Crippen LogP contribution is -2.31. The number of hydrogen-bond donors (Lipinski definition) is 3. The molecule has 3 aromatic carbocycles. The lowest BCUT2D eigenvalue weighted by atomic mass is 9.82. The lowest BCUT2D eigenvalue weighted by Gasteiger charge is -2.25. The molecule has 3 N–H and O–H groups in total. The minimum absolute atomic E-state index is 0.0129. The van der Waals surface area contributed by atoms with Crippen molar-refractivity contribution >= 4 is 17.6 Å². The quantitative estimate of drug-likeness (QED) is 0.237. The summed E-state index contributed by atoms with van der Waals surface area (Å²) in [4.78, 5) is 26.0. The predicted molar refractivity (Wildman–Crippen MR) is 150 cm³/mol. The van der Waals surface area contributed by atoms with E-state index in [1.807, 2.05) is 44.2 Å². The van der Waals surface area contributed by atoms with Crippen molar-refractivity contribution in [2.75, 3.05) is 11.9 Å². The van der Waals surface area contributed by atoms with Gasteiger partial charge in [0.1, 0.15) is 11.5 Å². The van der Waals surface area contributed by atoms with E-state index >= 15 is 0 Å². The Hall–Kier alpha value is -4.59. The number of ether oxygens (including phenoxy) is 1. The second-order valence-electron chi connectivity index (χ2n) is 9.78. The van der Waals surface area contributed by atoms with Crippen LogP contribution in [0.3, 0.4) is 0 Å². The summed E-state index contributed by atoms with van der Waals surface area (Å²) in [6.45, 7) is 4.86. The molecule has 1 aliphatic rings. The number of nitrogens with zero attached hydrogens (tertiary/aromatic N) is 2. The molecule has 1 saturated carbocycles. The Morgan fingerprint density at radius 2 is 1.77 bits per heavy atom. The van der Waals surface area contributed by atoms with Crippen LogP contribution in [0.5, 0.6) is 11.5 Å². The van der Waals surface area contributed by atoms with Crippen LogP contribution in [0.25, 0.3) is 11.3 Å². The third kappa shape index (κ3) is 5.95. The molecule has 0 spiro atoms. The molecule has 39 heavy (non-hydrogen) atoms. The zero-order chi connectivity index (χ0) is 27.4. The van der Waals surface area contributed by atoms with Crippen LogP contribution in [0.2, 0.25) is 0 Å². The number of aromatic hydroxyl groups is 1. The van der Waals surface area contributed by atoms with Gasteiger partial charge in [0, 0.05) is 29.3 Å². The number of phenolic OH excluding ortho intramolecular Hbond substituents is 1. The molecule has 8 heteroatoms. The smallest absolute Gasteiger partial charge is 0.342 e. The Kier molecular flexibility index (Phi) is 7.63. The average molecular weight is 525 g/mol. The number of amides is 2. The van der Waals surface area contributed by atoms with Crippen LogP contribution in [0, 0.1) is 6.92 Å². The highest BCUT2D eigenvalue weighted by molar-refractivity contribution is 6.04. The summed E-state index contributed by atoms with van der Waals surface area (Å²) in [7, 11) is 0. The molecule has 1 aliphatic carbocycles. The second-order valence-corrected chi connectivity index (χ2v) is 9.78. The fourth-order valence-corrected chi connectivity index (χ4v) is 4.53. The molecule has 0 atom stereocenters. The average Bonchev–Trinajstić information content (AvgIpc) is 3.33. The highest BCUT2D eigenvalue weighted by Crippen LogP contribution is 2.39. The van der Waals surface area contributed by atoms with E-state index in [0.29, 0.717) is 41.4 Å². The van der Waals surface area contributed by atoms with Crippen molar-refractivity contribution in [1.29, 1.82) is 0 Å². The number of rotatable bonds is 8. The van der Waals surface area contributed by atoms with Crippen molar-refractivity contribution in [2.45, 2.75) is 45.6 Å². The van der Waals surface area contributed by atoms with Crippen LogP contribution in [-0.2, 0) is 6.54 Å². The topological polar surface area (TPSA) is 105 Å². The number of hydrogen-bond acceptors (Lipinski definition) is 5. The van der Waals surface area contributed by atoms with Gasteiger partial charge in [-0.3, -0.25) is 4.79 Å². The van der Waals surface area contributed by atoms with E-state index < -0.39 is 0 Å². The molecule has 8 nitrogen and oxygen atoms in total. The van der Waals surface area contributed by atoms with E-state index in [2.05, 4.69) is 15.7 Å². The molecule has 1 aromatic heterocycles. The minimum atomic E-state index is -0.317. The maximum Gasteiger partial charge on any atom is 0.342 e. The third-order valence-electron chi connectivity index (χ3n) is 6.97. The molecule has 0 radical (unpaired) electrons. The summed E-state index contributed by atoms with van der Waals surface area (Å²) in [6, 6.07) is 21.3. The number of phenols is 1. The molecule has 2 amide bonds. The van der Waals surface area contributed by atoms with Gasteiger partial charge < -0.3 is 20.5 Å². The van der Waals surface area contributed by atoms with Gasteiger partial charge in [0.15, 0.2) is 0 Å².